The average Bonchev–Trinajstić information content (AvgIpc) is 3.47. The molecule has 1 atom stereocenters. The minimum atomic E-state index is -5.08. The molecule has 1 amide bonds. The number of carboxylic acid groups (broad SMARTS) is 1. The van der Waals surface area contributed by atoms with Crippen molar-refractivity contribution in [3.63, 3.8) is 0 Å². The van der Waals surface area contributed by atoms with Crippen molar-refractivity contribution in [3.05, 3.63) is 108 Å². The molecule has 1 aromatic heterocycles. The molecule has 15 nitrogen and oxygen atoms in total. The number of ether oxygens (including phenoxy) is 2. The van der Waals surface area contributed by atoms with E-state index in [0.29, 0.717) is 28.7 Å². The van der Waals surface area contributed by atoms with Gasteiger partial charge in [-0.1, -0.05) is 41.1 Å². The Morgan fingerprint density at radius 3 is 2.36 bits per heavy atom. The van der Waals surface area contributed by atoms with Crippen LogP contribution in [0.5, 0.6) is 5.75 Å². The molecular weight excluding hydrogens is 802 g/mol. The maximum Gasteiger partial charge on any atom is 0.490 e. The second-order valence-corrected chi connectivity index (χ2v) is 13.9. The molecule has 0 radical (unpaired) electrons. The van der Waals surface area contributed by atoms with E-state index in [9.17, 15) is 32.9 Å². The molecule has 4 rings (SSSR count). The highest BCUT2D eigenvalue weighted by atomic mass is 79.9. The van der Waals surface area contributed by atoms with E-state index in [1.54, 1.807) is 57.2 Å². The Balaban J connectivity index is 0.00000106. The number of carbonyl (C=O) groups is 2. The molecule has 0 aliphatic rings. The van der Waals surface area contributed by atoms with Crippen LogP contribution in [-0.4, -0.2) is 80.8 Å². The Hall–Kier alpha value is -5.50. The summed E-state index contributed by atoms with van der Waals surface area (Å²) in [4.78, 5) is 50.2. The third-order valence-electron chi connectivity index (χ3n) is 7.28. The number of nitro benzene ring substituents is 1. The van der Waals surface area contributed by atoms with Crippen LogP contribution in [0.3, 0.4) is 0 Å². The first-order valence-electron chi connectivity index (χ1n) is 16.5. The number of nitrogens with one attached hydrogen (secondary N) is 3. The summed E-state index contributed by atoms with van der Waals surface area (Å²) in [5.41, 5.74) is 0.283. The number of halogens is 5. The van der Waals surface area contributed by atoms with Gasteiger partial charge >= 0.3 is 23.9 Å². The van der Waals surface area contributed by atoms with Gasteiger partial charge in [-0.15, -0.1) is 5.10 Å². The van der Waals surface area contributed by atoms with Gasteiger partial charge in [0, 0.05) is 34.9 Å². The summed E-state index contributed by atoms with van der Waals surface area (Å²) >= 11 is 3.51. The number of nitrogens with zero attached hydrogens (tertiary/aromatic N) is 4. The van der Waals surface area contributed by atoms with Crippen molar-refractivity contribution >= 4 is 39.4 Å². The quantitative estimate of drug-likeness (QED) is 0.0634. The van der Waals surface area contributed by atoms with Gasteiger partial charge in [-0.2, -0.15) is 17.9 Å². The van der Waals surface area contributed by atoms with Gasteiger partial charge in [-0.25, -0.2) is 18.8 Å². The van der Waals surface area contributed by atoms with Gasteiger partial charge in [0.25, 0.3) is 5.69 Å². The number of likely N-dealkylation sites (N-methyl/N-ethyl adjacent to an activating group) is 1. The number of benzene rings is 3. The fourth-order valence-corrected chi connectivity index (χ4v) is 5.10. The number of hydrogen-bond acceptors (Lipinski definition) is 10. The van der Waals surface area contributed by atoms with E-state index >= 15 is 4.39 Å². The maximum atomic E-state index is 16.4. The zero-order valence-electron chi connectivity index (χ0n) is 30.6. The molecule has 1 heterocycles. The molecule has 4 N–H and O–H groups in total. The number of alkyl carbamates (subject to hydrolysis) is 1. The van der Waals surface area contributed by atoms with Crippen LogP contribution in [0.25, 0.3) is 5.69 Å². The molecule has 0 spiro atoms. The van der Waals surface area contributed by atoms with Crippen LogP contribution in [0.4, 0.5) is 33.7 Å². The van der Waals surface area contributed by atoms with Gasteiger partial charge in [-0.05, 0) is 82.7 Å². The van der Waals surface area contributed by atoms with E-state index in [1.807, 2.05) is 25.9 Å². The molecule has 55 heavy (non-hydrogen) atoms. The van der Waals surface area contributed by atoms with E-state index in [2.05, 4.69) is 36.6 Å². The van der Waals surface area contributed by atoms with Crippen LogP contribution in [0.15, 0.2) is 63.9 Å². The number of amides is 1. The lowest BCUT2D eigenvalue weighted by Crippen LogP contribution is -2.32. The number of alkyl halides is 3. The Labute approximate surface area is 320 Å². The molecule has 20 heteroatoms. The largest absolute Gasteiger partial charge is 0.490 e. The van der Waals surface area contributed by atoms with Crippen molar-refractivity contribution in [1.29, 1.82) is 0 Å². The third-order valence-corrected chi connectivity index (χ3v) is 8.05. The summed E-state index contributed by atoms with van der Waals surface area (Å²) in [6.07, 6.45) is -5.12. The summed E-state index contributed by atoms with van der Waals surface area (Å²) in [6.45, 7) is 8.12. The summed E-state index contributed by atoms with van der Waals surface area (Å²) in [7, 11) is 3.76. The zero-order chi connectivity index (χ0) is 41.2. The zero-order valence-corrected chi connectivity index (χ0v) is 32.2. The van der Waals surface area contributed by atoms with Crippen LogP contribution < -0.4 is 21.1 Å². The molecule has 1 unspecified atom stereocenters. The fourth-order valence-electron chi connectivity index (χ4n) is 4.71. The third kappa shape index (κ3) is 12.8. The molecule has 0 aliphatic carbocycles. The lowest BCUT2D eigenvalue weighted by Gasteiger charge is -2.22. The lowest BCUT2D eigenvalue weighted by atomic mass is 10.00. The Bertz CT molecular complexity index is 2050. The highest BCUT2D eigenvalue weighted by Crippen LogP contribution is 2.34. The van der Waals surface area contributed by atoms with Crippen molar-refractivity contribution in [2.45, 2.75) is 58.5 Å². The van der Waals surface area contributed by atoms with E-state index in [1.165, 1.54) is 18.2 Å². The first-order chi connectivity index (χ1) is 25.6. The van der Waals surface area contributed by atoms with E-state index in [0.717, 1.165) is 10.2 Å². The second-order valence-electron chi connectivity index (χ2n) is 13.0. The number of anilines is 1. The van der Waals surface area contributed by atoms with Crippen LogP contribution >= 0.6 is 15.9 Å². The molecule has 0 fully saturated rings. The fraction of sp³-hybridized carbons (Fsp3) is 0.371. The number of carboxylic acids is 1. The smallest absolute Gasteiger partial charge is 0.489 e. The minimum absolute atomic E-state index is 0.000828. The number of aromatic amines is 1. The van der Waals surface area contributed by atoms with Crippen LogP contribution in [0.2, 0.25) is 0 Å². The number of hydrogen-bond donors (Lipinski definition) is 4. The molecular formula is C35H40BrF4N7O8. The first-order valence-corrected chi connectivity index (χ1v) is 17.2. The monoisotopic (exact) mass is 841 g/mol. The number of H-pyrrole nitrogens is 1. The van der Waals surface area contributed by atoms with Gasteiger partial charge in [0.2, 0.25) is 0 Å². The number of para-hydroxylation sites is 2. The van der Waals surface area contributed by atoms with Gasteiger partial charge in [-0.3, -0.25) is 15.1 Å². The molecule has 3 aromatic carbocycles. The molecule has 298 valence electrons. The molecule has 0 aliphatic heterocycles. The van der Waals surface area contributed by atoms with Crippen LogP contribution in [0, 0.1) is 15.9 Å². The topological polar surface area (TPSA) is 194 Å². The standard InChI is InChI=1S/C33H39BrFN7O6.C2HF3O2/c1-7-20-16-23(28(35)27(17-20)47-15-14-40(5)6)29(30-38-31(43)41(39-30)25-10-8-9-11-26(25)42(45)46)37-22-12-13-24(34)21(18-22)19-36-32(44)48-33(2,3)4;3-2(4,5)1(6)7/h8-13,16-18,29,37H,7,14-15,19H2,1-6H3,(H,36,44)(H,38,39,43);(H,6,7). The predicted octanol–water partition coefficient (Wildman–Crippen LogP) is 6.73. The normalized spacial score (nSPS) is 12.0. The van der Waals surface area contributed by atoms with Crippen molar-refractivity contribution in [2.24, 2.45) is 0 Å². The van der Waals surface area contributed by atoms with E-state index in [4.69, 9.17) is 19.4 Å². The SMILES string of the molecule is CCc1cc(OCCN(C)C)c(F)c(C(Nc2ccc(Br)c(CNC(=O)OC(C)(C)C)c2)c2nn(-c3ccccc3[N+](=O)[O-])c(=O)[nH]2)c1.O=C(O)C(F)(F)F. The maximum absolute atomic E-state index is 16.4. The van der Waals surface area contributed by atoms with Crippen molar-refractivity contribution in [3.8, 4) is 11.4 Å². The lowest BCUT2D eigenvalue weighted by molar-refractivity contribution is -0.384. The number of aromatic nitrogens is 3. The van der Waals surface area contributed by atoms with E-state index in [-0.39, 0.29) is 41.7 Å². The minimum Gasteiger partial charge on any atom is -0.489 e. The summed E-state index contributed by atoms with van der Waals surface area (Å²) in [5.74, 6) is -3.38. The summed E-state index contributed by atoms with van der Waals surface area (Å²) < 4.78 is 60.9. The van der Waals surface area contributed by atoms with Crippen LogP contribution in [0.1, 0.15) is 56.3 Å². The Morgan fingerprint density at radius 2 is 1.78 bits per heavy atom. The van der Waals surface area contributed by atoms with Crippen molar-refractivity contribution in [1.82, 2.24) is 25.0 Å². The van der Waals surface area contributed by atoms with Gasteiger partial charge in [0.05, 0.1) is 4.92 Å². The highest BCUT2D eigenvalue weighted by Gasteiger charge is 2.38. The number of carbonyl (C=O) groups excluding carboxylic acids is 1. The molecule has 0 bridgehead atoms. The average molecular weight is 843 g/mol. The number of aliphatic carboxylic acids is 1. The van der Waals surface area contributed by atoms with E-state index < -0.39 is 46.3 Å². The van der Waals surface area contributed by atoms with Crippen molar-refractivity contribution < 1.29 is 46.7 Å². The molecule has 0 saturated carbocycles. The summed E-state index contributed by atoms with van der Waals surface area (Å²) in [5, 5.41) is 29.3. The Morgan fingerprint density at radius 1 is 1.13 bits per heavy atom. The summed E-state index contributed by atoms with van der Waals surface area (Å²) in [6, 6.07) is 13.2. The number of aryl methyl sites for hydroxylation is 1. The number of rotatable bonds is 13. The van der Waals surface area contributed by atoms with Crippen LogP contribution in [-0.2, 0) is 22.5 Å². The number of nitro groups is 1. The van der Waals surface area contributed by atoms with Gasteiger partial charge < -0.3 is 30.1 Å². The van der Waals surface area contributed by atoms with Crippen molar-refractivity contribution in [2.75, 3.05) is 32.6 Å². The molecule has 0 saturated heterocycles. The Kier molecular flexibility index (Phi) is 14.9. The first kappa shape index (κ1) is 43.9. The highest BCUT2D eigenvalue weighted by molar-refractivity contribution is 9.10. The second kappa shape index (κ2) is 18.7. The predicted molar refractivity (Wildman–Crippen MR) is 197 cm³/mol. The van der Waals surface area contributed by atoms with Gasteiger partial charge in [0.1, 0.15) is 23.9 Å². The van der Waals surface area contributed by atoms with Gasteiger partial charge in [0.15, 0.2) is 17.4 Å². The molecule has 4 aromatic rings.